The van der Waals surface area contributed by atoms with Gasteiger partial charge in [0, 0.05) is 44.0 Å². The number of anilines is 1. The smallest absolute Gasteiger partial charge is 0.251 e. The van der Waals surface area contributed by atoms with Crippen LogP contribution in [0, 0.1) is 0 Å². The summed E-state index contributed by atoms with van der Waals surface area (Å²) in [7, 11) is 1.89. The van der Waals surface area contributed by atoms with Gasteiger partial charge < -0.3 is 10.6 Å². The number of amides is 1. The number of carbonyl (C=O) groups is 1. The maximum absolute atomic E-state index is 12.0. The SMILES string of the molecule is CCCNc1ccc(C(=O)NCCc2ccn(C)n2)cc1. The van der Waals surface area contributed by atoms with E-state index < -0.39 is 0 Å². The summed E-state index contributed by atoms with van der Waals surface area (Å²) in [5.74, 6) is -0.0482. The molecule has 5 heteroatoms. The molecule has 112 valence electrons. The molecule has 0 fully saturated rings. The van der Waals surface area contributed by atoms with Crippen LogP contribution in [0.2, 0.25) is 0 Å². The molecule has 0 aliphatic rings. The summed E-state index contributed by atoms with van der Waals surface area (Å²) in [5, 5.41) is 10.5. The molecule has 1 amide bonds. The highest BCUT2D eigenvalue weighted by atomic mass is 16.1. The maximum Gasteiger partial charge on any atom is 0.251 e. The van der Waals surface area contributed by atoms with Crippen LogP contribution in [0.5, 0.6) is 0 Å². The predicted octanol–water partition coefficient (Wildman–Crippen LogP) is 2.21. The molecule has 0 radical (unpaired) electrons. The van der Waals surface area contributed by atoms with E-state index in [0.29, 0.717) is 12.1 Å². The first-order chi connectivity index (χ1) is 10.2. The van der Waals surface area contributed by atoms with Crippen LogP contribution in [0.1, 0.15) is 29.4 Å². The highest BCUT2D eigenvalue weighted by molar-refractivity contribution is 5.94. The van der Waals surface area contributed by atoms with Gasteiger partial charge in [-0.3, -0.25) is 9.48 Å². The first-order valence-electron chi connectivity index (χ1n) is 7.29. The summed E-state index contributed by atoms with van der Waals surface area (Å²) >= 11 is 0. The van der Waals surface area contributed by atoms with E-state index in [2.05, 4.69) is 22.7 Å². The zero-order chi connectivity index (χ0) is 15.1. The van der Waals surface area contributed by atoms with Crippen LogP contribution < -0.4 is 10.6 Å². The van der Waals surface area contributed by atoms with Gasteiger partial charge in [0.25, 0.3) is 5.91 Å². The maximum atomic E-state index is 12.0. The molecule has 1 aromatic carbocycles. The van der Waals surface area contributed by atoms with Crippen LogP contribution in [0.3, 0.4) is 0 Å². The van der Waals surface area contributed by atoms with Gasteiger partial charge in [0.05, 0.1) is 5.69 Å². The molecule has 0 bridgehead atoms. The third kappa shape index (κ3) is 4.63. The summed E-state index contributed by atoms with van der Waals surface area (Å²) < 4.78 is 1.76. The first kappa shape index (κ1) is 15.1. The molecule has 0 spiro atoms. The second-order valence-electron chi connectivity index (χ2n) is 4.99. The number of nitrogens with one attached hydrogen (secondary N) is 2. The lowest BCUT2D eigenvalue weighted by Crippen LogP contribution is -2.25. The molecule has 0 unspecified atom stereocenters. The van der Waals surface area contributed by atoms with Crippen LogP contribution in [-0.2, 0) is 13.5 Å². The molecule has 0 atom stereocenters. The van der Waals surface area contributed by atoms with Gasteiger partial charge in [-0.2, -0.15) is 5.10 Å². The minimum atomic E-state index is -0.0482. The van der Waals surface area contributed by atoms with Gasteiger partial charge in [-0.05, 0) is 36.8 Å². The Kier molecular flexibility index (Phi) is 5.37. The predicted molar refractivity (Wildman–Crippen MR) is 84.5 cm³/mol. The Labute approximate surface area is 125 Å². The molecule has 2 rings (SSSR count). The summed E-state index contributed by atoms with van der Waals surface area (Å²) in [6.45, 7) is 3.65. The molecule has 0 aliphatic carbocycles. The third-order valence-corrected chi connectivity index (χ3v) is 3.16. The molecule has 2 N–H and O–H groups in total. The van der Waals surface area contributed by atoms with E-state index in [4.69, 9.17) is 0 Å². The Morgan fingerprint density at radius 3 is 2.57 bits per heavy atom. The van der Waals surface area contributed by atoms with Crippen molar-refractivity contribution in [3.05, 3.63) is 47.8 Å². The van der Waals surface area contributed by atoms with Gasteiger partial charge in [0.1, 0.15) is 0 Å². The number of rotatable bonds is 7. The Morgan fingerprint density at radius 1 is 1.19 bits per heavy atom. The second-order valence-corrected chi connectivity index (χ2v) is 4.99. The Balaban J connectivity index is 1.79. The fraction of sp³-hybridized carbons (Fsp3) is 0.375. The zero-order valence-electron chi connectivity index (χ0n) is 12.6. The molecule has 2 aromatic rings. The van der Waals surface area contributed by atoms with E-state index in [1.54, 1.807) is 4.68 Å². The first-order valence-corrected chi connectivity index (χ1v) is 7.29. The number of nitrogens with zero attached hydrogens (tertiary/aromatic N) is 2. The molecule has 0 saturated heterocycles. The minimum Gasteiger partial charge on any atom is -0.385 e. The van der Waals surface area contributed by atoms with E-state index in [9.17, 15) is 4.79 Å². The Hall–Kier alpha value is -2.30. The van der Waals surface area contributed by atoms with Gasteiger partial charge in [0.2, 0.25) is 0 Å². The van der Waals surface area contributed by atoms with Crippen LogP contribution in [0.25, 0.3) is 0 Å². The van der Waals surface area contributed by atoms with Gasteiger partial charge >= 0.3 is 0 Å². The summed E-state index contributed by atoms with van der Waals surface area (Å²) in [4.78, 5) is 12.0. The number of benzene rings is 1. The van der Waals surface area contributed by atoms with Gasteiger partial charge in [-0.15, -0.1) is 0 Å². The average Bonchev–Trinajstić information content (AvgIpc) is 2.91. The van der Waals surface area contributed by atoms with Crippen molar-refractivity contribution in [1.29, 1.82) is 0 Å². The van der Waals surface area contributed by atoms with Crippen molar-refractivity contribution in [3.8, 4) is 0 Å². The van der Waals surface area contributed by atoms with Crippen molar-refractivity contribution in [1.82, 2.24) is 15.1 Å². The summed E-state index contributed by atoms with van der Waals surface area (Å²) in [5.41, 5.74) is 2.71. The lowest BCUT2D eigenvalue weighted by Gasteiger charge is -2.07. The third-order valence-electron chi connectivity index (χ3n) is 3.16. The second kappa shape index (κ2) is 7.47. The van der Waals surface area contributed by atoms with Crippen LogP contribution in [0.15, 0.2) is 36.5 Å². The molecule has 5 nitrogen and oxygen atoms in total. The van der Waals surface area contributed by atoms with E-state index in [1.165, 1.54) is 0 Å². The lowest BCUT2D eigenvalue weighted by molar-refractivity contribution is 0.0954. The number of hydrogen-bond donors (Lipinski definition) is 2. The largest absolute Gasteiger partial charge is 0.385 e. The number of aryl methyl sites for hydroxylation is 1. The number of aromatic nitrogens is 2. The molecular weight excluding hydrogens is 264 g/mol. The highest BCUT2D eigenvalue weighted by Crippen LogP contribution is 2.09. The van der Waals surface area contributed by atoms with Crippen LogP contribution in [0.4, 0.5) is 5.69 Å². The molecule has 1 aromatic heterocycles. The number of carbonyl (C=O) groups excluding carboxylic acids is 1. The highest BCUT2D eigenvalue weighted by Gasteiger charge is 2.05. The van der Waals surface area contributed by atoms with Gasteiger partial charge in [-0.25, -0.2) is 0 Å². The van der Waals surface area contributed by atoms with E-state index in [1.807, 2.05) is 43.6 Å². The van der Waals surface area contributed by atoms with Crippen molar-refractivity contribution < 1.29 is 4.79 Å². The van der Waals surface area contributed by atoms with Gasteiger partial charge in [0.15, 0.2) is 0 Å². The zero-order valence-corrected chi connectivity index (χ0v) is 12.6. The molecule has 1 heterocycles. The average molecular weight is 286 g/mol. The molecule has 0 aliphatic heterocycles. The van der Waals surface area contributed by atoms with E-state index in [-0.39, 0.29) is 5.91 Å². The van der Waals surface area contributed by atoms with Crippen LogP contribution in [-0.4, -0.2) is 28.8 Å². The number of hydrogen-bond acceptors (Lipinski definition) is 3. The molecule has 21 heavy (non-hydrogen) atoms. The van der Waals surface area contributed by atoms with Crippen molar-refractivity contribution in [2.45, 2.75) is 19.8 Å². The van der Waals surface area contributed by atoms with Gasteiger partial charge in [-0.1, -0.05) is 6.92 Å². The van der Waals surface area contributed by atoms with Crippen molar-refractivity contribution >= 4 is 11.6 Å². The fourth-order valence-electron chi connectivity index (χ4n) is 2.01. The fourth-order valence-corrected chi connectivity index (χ4v) is 2.01. The van der Waals surface area contributed by atoms with Crippen molar-refractivity contribution in [3.63, 3.8) is 0 Å². The lowest BCUT2D eigenvalue weighted by atomic mass is 10.2. The van der Waals surface area contributed by atoms with Crippen molar-refractivity contribution in [2.24, 2.45) is 7.05 Å². The standard InChI is InChI=1S/C16H22N4O/c1-3-10-17-14-6-4-13(5-7-14)16(21)18-11-8-15-9-12-20(2)19-15/h4-7,9,12,17H,3,8,10-11H2,1-2H3,(H,18,21). The van der Waals surface area contributed by atoms with Crippen molar-refractivity contribution in [2.75, 3.05) is 18.4 Å². The normalized spacial score (nSPS) is 10.4. The summed E-state index contributed by atoms with van der Waals surface area (Å²) in [6.07, 6.45) is 3.72. The van der Waals surface area contributed by atoms with E-state index in [0.717, 1.165) is 30.8 Å². The summed E-state index contributed by atoms with van der Waals surface area (Å²) in [6, 6.07) is 9.51. The quantitative estimate of drug-likeness (QED) is 0.820. The molecule has 0 saturated carbocycles. The molecular formula is C16H22N4O. The topological polar surface area (TPSA) is 59.0 Å². The Morgan fingerprint density at radius 2 is 1.95 bits per heavy atom. The van der Waals surface area contributed by atoms with Crippen LogP contribution >= 0.6 is 0 Å². The Bertz CT molecular complexity index is 574. The monoisotopic (exact) mass is 286 g/mol. The van der Waals surface area contributed by atoms with E-state index >= 15 is 0 Å². The minimum absolute atomic E-state index is 0.0482.